The van der Waals surface area contributed by atoms with Crippen LogP contribution in [-0.4, -0.2) is 65.8 Å². The van der Waals surface area contributed by atoms with Gasteiger partial charge in [-0.25, -0.2) is 18.1 Å². The average molecular weight is 557 g/mol. The molecule has 3 saturated heterocycles. The molecule has 2 aromatic rings. The monoisotopic (exact) mass is 556 g/mol. The minimum Gasteiger partial charge on any atom is -0.267 e. The molecule has 3 fully saturated rings. The molecule has 37 heavy (non-hydrogen) atoms. The zero-order valence-electron chi connectivity index (χ0n) is 18.3. The summed E-state index contributed by atoms with van der Waals surface area (Å²) >= 11 is 5.79. The summed E-state index contributed by atoms with van der Waals surface area (Å²) in [4.78, 5) is 39.1. The van der Waals surface area contributed by atoms with Gasteiger partial charge in [0, 0.05) is 6.07 Å². The number of nitriles is 1. The standard InChI is InChI=1S/C21H14ClF3N5O6S/c22-15-4-3-13(6-16(15)29(33)34)37(35,36)18-9-27-8-17-19(31)28(20(32)30(17,18)10-27)12-2-1-11(7-26)14(5-12)21(23,24)25/h1-6,17-18H,8-10H2/q+1. The number of benzene rings is 2. The van der Waals surface area contributed by atoms with Gasteiger partial charge in [0.05, 0.1) is 45.8 Å². The number of sulfone groups is 1. The number of piperazine rings is 1. The molecule has 3 amide bonds. The van der Waals surface area contributed by atoms with Gasteiger partial charge in [0.2, 0.25) is 15.2 Å². The SMILES string of the molecule is N#Cc1ccc(N2C(=O)C3CN4CC(S(=O)(=O)c5ccc(Cl)c([N+](=O)[O-])c5)[N+]3(C4)C2=O)cc1C(F)(F)F. The molecule has 2 aromatic carbocycles. The molecule has 11 nitrogen and oxygen atoms in total. The van der Waals surface area contributed by atoms with Crippen LogP contribution >= 0.6 is 11.6 Å². The van der Waals surface area contributed by atoms with Crippen LogP contribution in [-0.2, 0) is 20.8 Å². The minimum absolute atomic E-state index is 0.00370. The molecule has 0 aliphatic carbocycles. The topological polar surface area (TPSA) is 142 Å². The van der Waals surface area contributed by atoms with Crippen molar-refractivity contribution >= 4 is 44.8 Å². The van der Waals surface area contributed by atoms with Crippen LogP contribution in [0.25, 0.3) is 0 Å². The summed E-state index contributed by atoms with van der Waals surface area (Å²) in [6, 6.07) is 4.37. The fourth-order valence-corrected chi connectivity index (χ4v) is 7.48. The predicted octanol–water partition coefficient (Wildman–Crippen LogP) is 2.88. The van der Waals surface area contributed by atoms with Crippen LogP contribution in [0.3, 0.4) is 0 Å². The highest BCUT2D eigenvalue weighted by Crippen LogP contribution is 2.47. The van der Waals surface area contributed by atoms with E-state index >= 15 is 0 Å². The molecular formula is C21H14ClF3N5O6S+. The van der Waals surface area contributed by atoms with E-state index in [2.05, 4.69) is 0 Å². The summed E-state index contributed by atoms with van der Waals surface area (Å²) in [5.41, 5.74) is -3.17. The van der Waals surface area contributed by atoms with Crippen LogP contribution in [0.15, 0.2) is 41.3 Å². The molecule has 0 N–H and O–H groups in total. The maximum atomic E-state index is 13.7. The first-order chi connectivity index (χ1) is 17.2. The molecule has 2 bridgehead atoms. The number of urea groups is 1. The molecule has 0 radical (unpaired) electrons. The van der Waals surface area contributed by atoms with Crippen LogP contribution in [0.1, 0.15) is 11.1 Å². The second kappa shape index (κ2) is 7.96. The molecule has 4 atom stereocenters. The van der Waals surface area contributed by atoms with Crippen molar-refractivity contribution in [2.75, 3.05) is 24.7 Å². The third-order valence-electron chi connectivity index (χ3n) is 6.89. The second-order valence-electron chi connectivity index (χ2n) is 8.79. The Bertz CT molecular complexity index is 1560. The van der Waals surface area contributed by atoms with E-state index in [4.69, 9.17) is 16.9 Å². The number of anilines is 1. The Morgan fingerprint density at radius 2 is 1.86 bits per heavy atom. The molecule has 5 rings (SSSR count). The predicted molar refractivity (Wildman–Crippen MR) is 119 cm³/mol. The Labute approximate surface area is 211 Å². The minimum atomic E-state index is -4.95. The molecule has 0 aromatic heterocycles. The second-order valence-corrected chi connectivity index (χ2v) is 11.3. The zero-order valence-corrected chi connectivity index (χ0v) is 19.9. The van der Waals surface area contributed by atoms with E-state index in [0.717, 1.165) is 30.3 Å². The quantitative estimate of drug-likeness (QED) is 0.242. The van der Waals surface area contributed by atoms with Crippen molar-refractivity contribution in [2.45, 2.75) is 22.5 Å². The number of fused-ring (bicyclic) bond motifs is 1. The van der Waals surface area contributed by atoms with Crippen molar-refractivity contribution in [3.63, 3.8) is 0 Å². The summed E-state index contributed by atoms with van der Waals surface area (Å²) in [6.45, 7) is -0.368. The maximum absolute atomic E-state index is 13.7. The largest absolute Gasteiger partial charge is 0.433 e. The number of nitrogens with zero attached hydrogens (tertiary/aromatic N) is 5. The number of halogens is 4. The first kappa shape index (κ1) is 25.1. The van der Waals surface area contributed by atoms with Crippen molar-refractivity contribution in [3.8, 4) is 6.07 Å². The summed E-state index contributed by atoms with van der Waals surface area (Å²) in [7, 11) is -4.47. The Morgan fingerprint density at radius 1 is 1.16 bits per heavy atom. The van der Waals surface area contributed by atoms with E-state index in [1.54, 1.807) is 4.90 Å². The van der Waals surface area contributed by atoms with Gasteiger partial charge in [-0.3, -0.25) is 14.9 Å². The van der Waals surface area contributed by atoms with Crippen LogP contribution in [0.2, 0.25) is 5.02 Å². The summed E-state index contributed by atoms with van der Waals surface area (Å²) in [5, 5.41) is 18.5. The molecule has 3 aliphatic heterocycles. The molecule has 192 valence electrons. The Hall–Kier alpha value is -3.58. The fourth-order valence-electron chi connectivity index (χ4n) is 5.24. The summed E-state index contributed by atoms with van der Waals surface area (Å²) in [5.74, 6) is -0.882. The molecule has 16 heteroatoms. The lowest BCUT2D eigenvalue weighted by molar-refractivity contribution is -0.848. The summed E-state index contributed by atoms with van der Waals surface area (Å²) in [6.07, 6.45) is -4.95. The van der Waals surface area contributed by atoms with Gasteiger partial charge < -0.3 is 0 Å². The van der Waals surface area contributed by atoms with E-state index in [9.17, 15) is 41.3 Å². The number of carbonyl (C=O) groups is 2. The van der Waals surface area contributed by atoms with Crippen molar-refractivity contribution in [3.05, 3.63) is 62.7 Å². The fraction of sp³-hybridized carbons (Fsp3) is 0.286. The number of hydrogen-bond donors (Lipinski definition) is 0. The van der Waals surface area contributed by atoms with E-state index in [-0.39, 0.29) is 24.8 Å². The highest BCUT2D eigenvalue weighted by atomic mass is 35.5. The van der Waals surface area contributed by atoms with Gasteiger partial charge in [-0.1, -0.05) is 11.6 Å². The van der Waals surface area contributed by atoms with Crippen molar-refractivity contribution < 1.29 is 40.6 Å². The Kier molecular flexibility index (Phi) is 5.40. The van der Waals surface area contributed by atoms with Gasteiger partial charge in [0.25, 0.3) is 11.6 Å². The number of amides is 3. The van der Waals surface area contributed by atoms with Gasteiger partial charge in [-0.2, -0.15) is 27.8 Å². The van der Waals surface area contributed by atoms with Crippen LogP contribution < -0.4 is 4.90 Å². The average Bonchev–Trinajstić information content (AvgIpc) is 3.47. The lowest BCUT2D eigenvalue weighted by atomic mass is 10.1. The number of rotatable bonds is 4. The first-order valence-corrected chi connectivity index (χ1v) is 12.4. The summed E-state index contributed by atoms with van der Waals surface area (Å²) < 4.78 is 66.9. The molecule has 1 spiro atoms. The van der Waals surface area contributed by atoms with Crippen LogP contribution in [0.4, 0.5) is 29.3 Å². The smallest absolute Gasteiger partial charge is 0.267 e. The number of imide groups is 1. The van der Waals surface area contributed by atoms with Crippen molar-refractivity contribution in [2.24, 2.45) is 0 Å². The van der Waals surface area contributed by atoms with Crippen molar-refractivity contribution in [1.29, 1.82) is 5.26 Å². The van der Waals surface area contributed by atoms with E-state index < -0.39 is 76.2 Å². The zero-order chi connectivity index (χ0) is 27.1. The highest BCUT2D eigenvalue weighted by Gasteiger charge is 2.75. The lowest BCUT2D eigenvalue weighted by Gasteiger charge is -2.33. The molecule has 3 heterocycles. The van der Waals surface area contributed by atoms with Gasteiger partial charge in [-0.05, 0) is 30.3 Å². The Morgan fingerprint density at radius 3 is 2.49 bits per heavy atom. The van der Waals surface area contributed by atoms with Gasteiger partial charge in [0.15, 0.2) is 6.04 Å². The third-order valence-corrected chi connectivity index (χ3v) is 9.36. The van der Waals surface area contributed by atoms with E-state index in [1.165, 1.54) is 6.07 Å². The third kappa shape index (κ3) is 3.44. The molecule has 3 aliphatic rings. The van der Waals surface area contributed by atoms with Gasteiger partial charge in [0.1, 0.15) is 11.7 Å². The van der Waals surface area contributed by atoms with Crippen LogP contribution in [0.5, 0.6) is 0 Å². The molecular weight excluding hydrogens is 543 g/mol. The first-order valence-electron chi connectivity index (χ1n) is 10.5. The van der Waals surface area contributed by atoms with E-state index in [1.807, 2.05) is 0 Å². The van der Waals surface area contributed by atoms with Gasteiger partial charge >= 0.3 is 12.2 Å². The number of nitro benzene ring substituents is 1. The normalized spacial score (nSPS) is 26.9. The molecule has 4 unspecified atom stereocenters. The number of carbonyl (C=O) groups excluding carboxylic acids is 2. The lowest BCUT2D eigenvalue weighted by Crippen LogP contribution is -2.62. The highest BCUT2D eigenvalue weighted by molar-refractivity contribution is 7.92. The number of nitro groups is 1. The van der Waals surface area contributed by atoms with Crippen LogP contribution in [0, 0.1) is 21.4 Å². The number of alkyl halides is 3. The molecule has 0 saturated carbocycles. The van der Waals surface area contributed by atoms with Gasteiger partial charge in [-0.15, -0.1) is 0 Å². The Balaban J connectivity index is 1.60. The van der Waals surface area contributed by atoms with E-state index in [0.29, 0.717) is 11.0 Å². The number of quaternary nitrogens is 1. The maximum Gasteiger partial charge on any atom is 0.433 e. The number of hydrogen-bond acceptors (Lipinski definition) is 8. The van der Waals surface area contributed by atoms with Crippen molar-refractivity contribution in [1.82, 2.24) is 4.90 Å².